The minimum absolute atomic E-state index is 0.0568. The second kappa shape index (κ2) is 4.48. The molecule has 2 heterocycles. The van der Waals surface area contributed by atoms with Crippen LogP contribution < -0.4 is 5.32 Å². The molecule has 5 heteroatoms. The van der Waals surface area contributed by atoms with E-state index in [1.165, 1.54) is 0 Å². The first-order valence-electron chi connectivity index (χ1n) is 6.10. The first kappa shape index (κ1) is 12.7. The summed E-state index contributed by atoms with van der Waals surface area (Å²) < 4.78 is 5.45. The van der Waals surface area contributed by atoms with Gasteiger partial charge in [0.25, 0.3) is 0 Å². The van der Waals surface area contributed by atoms with E-state index in [1.807, 2.05) is 26.0 Å². The minimum atomic E-state index is -0.795. The van der Waals surface area contributed by atoms with Crippen LogP contribution >= 0.6 is 0 Å². The molecular formula is C13H18N2O3. The first-order valence-corrected chi connectivity index (χ1v) is 6.10. The molecule has 0 radical (unpaired) electrons. The van der Waals surface area contributed by atoms with Gasteiger partial charge in [0.15, 0.2) is 0 Å². The molecule has 0 saturated carbocycles. The van der Waals surface area contributed by atoms with Gasteiger partial charge in [-0.25, -0.2) is 0 Å². The number of carbonyl (C=O) groups is 2. The van der Waals surface area contributed by atoms with Gasteiger partial charge in [-0.2, -0.15) is 0 Å². The zero-order valence-electron chi connectivity index (χ0n) is 10.9. The van der Waals surface area contributed by atoms with Crippen molar-refractivity contribution in [1.29, 1.82) is 0 Å². The van der Waals surface area contributed by atoms with Crippen LogP contribution in [-0.2, 0) is 16.1 Å². The Morgan fingerprint density at radius 1 is 1.44 bits per heavy atom. The Morgan fingerprint density at radius 3 is 2.72 bits per heavy atom. The van der Waals surface area contributed by atoms with Crippen molar-refractivity contribution in [3.05, 3.63) is 23.7 Å². The molecule has 2 amide bonds. The summed E-state index contributed by atoms with van der Waals surface area (Å²) in [5.74, 6) is 1.33. The lowest BCUT2D eigenvalue weighted by molar-refractivity contribution is -0.150. The van der Waals surface area contributed by atoms with Crippen LogP contribution in [0.3, 0.4) is 0 Å². The fourth-order valence-corrected chi connectivity index (χ4v) is 2.12. The van der Waals surface area contributed by atoms with Crippen LogP contribution in [0.2, 0.25) is 0 Å². The molecule has 0 aromatic carbocycles. The molecule has 1 fully saturated rings. The van der Waals surface area contributed by atoms with E-state index in [0.29, 0.717) is 18.7 Å². The van der Waals surface area contributed by atoms with Crippen LogP contribution in [0.5, 0.6) is 0 Å². The average molecular weight is 250 g/mol. The highest BCUT2D eigenvalue weighted by molar-refractivity contribution is 5.97. The van der Waals surface area contributed by atoms with Gasteiger partial charge in [0.05, 0.1) is 6.54 Å². The molecule has 5 nitrogen and oxygen atoms in total. The molecule has 18 heavy (non-hydrogen) atoms. The summed E-state index contributed by atoms with van der Waals surface area (Å²) in [7, 11) is 0. The quantitative estimate of drug-likeness (QED) is 0.877. The number of furan rings is 1. The molecule has 2 rings (SSSR count). The molecule has 98 valence electrons. The highest BCUT2D eigenvalue weighted by atomic mass is 16.3. The fourth-order valence-electron chi connectivity index (χ4n) is 2.12. The van der Waals surface area contributed by atoms with Crippen LogP contribution in [0.4, 0.5) is 0 Å². The number of nitrogens with one attached hydrogen (secondary N) is 1. The summed E-state index contributed by atoms with van der Waals surface area (Å²) in [6, 6.07) is 3.68. The predicted molar refractivity (Wildman–Crippen MR) is 65.7 cm³/mol. The third-order valence-electron chi connectivity index (χ3n) is 3.36. The Hall–Kier alpha value is -1.78. The summed E-state index contributed by atoms with van der Waals surface area (Å²) in [6.45, 7) is 5.93. The van der Waals surface area contributed by atoms with Crippen LogP contribution in [0, 0.1) is 6.92 Å². The third kappa shape index (κ3) is 2.25. The standard InChI is InChI=1S/C13H18N2O3/c1-4-13(3)12(17)15(8-11(16)14-13)7-10-6-5-9(2)18-10/h5-6H,4,7-8H2,1-3H3,(H,14,16). The van der Waals surface area contributed by atoms with Crippen LogP contribution in [0.25, 0.3) is 0 Å². The van der Waals surface area contributed by atoms with Crippen LogP contribution in [0.15, 0.2) is 16.5 Å². The van der Waals surface area contributed by atoms with E-state index in [1.54, 1.807) is 11.8 Å². The number of hydrogen-bond acceptors (Lipinski definition) is 3. The maximum Gasteiger partial charge on any atom is 0.248 e. The second-order valence-corrected chi connectivity index (χ2v) is 4.91. The van der Waals surface area contributed by atoms with Crippen LogP contribution in [0.1, 0.15) is 31.8 Å². The smallest absolute Gasteiger partial charge is 0.248 e. The van der Waals surface area contributed by atoms with Crippen molar-refractivity contribution in [3.8, 4) is 0 Å². The van der Waals surface area contributed by atoms with Gasteiger partial charge in [0.1, 0.15) is 23.6 Å². The highest BCUT2D eigenvalue weighted by Crippen LogP contribution is 2.20. The zero-order valence-corrected chi connectivity index (χ0v) is 10.9. The Labute approximate surface area is 106 Å². The molecule has 0 aliphatic carbocycles. The minimum Gasteiger partial charge on any atom is -0.464 e. The second-order valence-electron chi connectivity index (χ2n) is 4.91. The highest BCUT2D eigenvalue weighted by Gasteiger charge is 2.41. The van der Waals surface area contributed by atoms with Crippen molar-refractivity contribution in [3.63, 3.8) is 0 Å². The molecular weight excluding hydrogens is 232 g/mol. The van der Waals surface area contributed by atoms with Crippen molar-refractivity contribution < 1.29 is 14.0 Å². The number of rotatable bonds is 3. The van der Waals surface area contributed by atoms with Crippen molar-refractivity contribution in [2.24, 2.45) is 0 Å². The van der Waals surface area contributed by atoms with Crippen LogP contribution in [-0.4, -0.2) is 28.8 Å². The van der Waals surface area contributed by atoms with E-state index in [4.69, 9.17) is 4.42 Å². The van der Waals surface area contributed by atoms with Crippen molar-refractivity contribution >= 4 is 11.8 Å². The Bertz CT molecular complexity index is 480. The fraction of sp³-hybridized carbons (Fsp3) is 0.538. The van der Waals surface area contributed by atoms with Crippen molar-refractivity contribution in [2.75, 3.05) is 6.54 Å². The van der Waals surface area contributed by atoms with Crippen molar-refractivity contribution in [2.45, 2.75) is 39.3 Å². The van der Waals surface area contributed by atoms with Gasteiger partial charge >= 0.3 is 0 Å². The summed E-state index contributed by atoms with van der Waals surface area (Å²) >= 11 is 0. The van der Waals surface area contributed by atoms with Gasteiger partial charge in [-0.3, -0.25) is 9.59 Å². The van der Waals surface area contributed by atoms with E-state index < -0.39 is 5.54 Å². The molecule has 1 aromatic rings. The Morgan fingerprint density at radius 2 is 2.17 bits per heavy atom. The lowest BCUT2D eigenvalue weighted by atomic mass is 9.94. The molecule has 0 spiro atoms. The molecule has 1 unspecified atom stereocenters. The lowest BCUT2D eigenvalue weighted by Gasteiger charge is -2.38. The van der Waals surface area contributed by atoms with E-state index >= 15 is 0 Å². The molecule has 1 aromatic heterocycles. The summed E-state index contributed by atoms with van der Waals surface area (Å²) in [5, 5.41) is 2.75. The number of aryl methyl sites for hydroxylation is 1. The van der Waals surface area contributed by atoms with Crippen molar-refractivity contribution in [1.82, 2.24) is 10.2 Å². The maximum atomic E-state index is 12.3. The predicted octanol–water partition coefficient (Wildman–Crippen LogP) is 1.22. The number of hydrogen-bond donors (Lipinski definition) is 1. The van der Waals surface area contributed by atoms with E-state index in [2.05, 4.69) is 5.32 Å². The van der Waals surface area contributed by atoms with E-state index in [9.17, 15) is 9.59 Å². The van der Waals surface area contributed by atoms with Gasteiger partial charge in [-0.1, -0.05) is 6.92 Å². The monoisotopic (exact) mass is 250 g/mol. The Kier molecular flexibility index (Phi) is 3.15. The summed E-state index contributed by atoms with van der Waals surface area (Å²) in [5.41, 5.74) is -0.795. The molecule has 1 saturated heterocycles. The zero-order chi connectivity index (χ0) is 13.3. The largest absolute Gasteiger partial charge is 0.464 e. The summed E-state index contributed by atoms with van der Waals surface area (Å²) in [6.07, 6.45) is 0.575. The average Bonchev–Trinajstić information content (AvgIpc) is 2.71. The van der Waals surface area contributed by atoms with Gasteiger partial charge < -0.3 is 14.6 Å². The number of carbonyl (C=O) groups excluding carboxylic acids is 2. The Balaban J connectivity index is 2.17. The SMILES string of the molecule is CCC1(C)NC(=O)CN(Cc2ccc(C)o2)C1=O. The van der Waals surface area contributed by atoms with Gasteiger partial charge in [-0.15, -0.1) is 0 Å². The third-order valence-corrected chi connectivity index (χ3v) is 3.36. The molecule has 1 aliphatic rings. The number of piperazine rings is 1. The summed E-state index contributed by atoms with van der Waals surface area (Å²) in [4.78, 5) is 25.5. The van der Waals surface area contributed by atoms with Gasteiger partial charge in [0.2, 0.25) is 11.8 Å². The van der Waals surface area contributed by atoms with Gasteiger partial charge in [0, 0.05) is 0 Å². The van der Waals surface area contributed by atoms with E-state index in [0.717, 1.165) is 5.76 Å². The normalized spacial score (nSPS) is 24.3. The number of nitrogens with zero attached hydrogens (tertiary/aromatic N) is 1. The molecule has 1 atom stereocenters. The molecule has 1 N–H and O–H groups in total. The first-order chi connectivity index (χ1) is 8.44. The van der Waals surface area contributed by atoms with E-state index in [-0.39, 0.29) is 18.4 Å². The topological polar surface area (TPSA) is 62.6 Å². The lowest BCUT2D eigenvalue weighted by Crippen LogP contribution is -2.64. The molecule has 1 aliphatic heterocycles. The number of amides is 2. The molecule has 0 bridgehead atoms. The maximum absolute atomic E-state index is 12.3. The van der Waals surface area contributed by atoms with Gasteiger partial charge in [-0.05, 0) is 32.4 Å².